The maximum atomic E-state index is 10.7. The molecule has 1 aromatic heterocycles. The van der Waals surface area contributed by atoms with Gasteiger partial charge in [-0.15, -0.1) is 0 Å². The molecule has 82 valence electrons. The van der Waals surface area contributed by atoms with Crippen molar-refractivity contribution in [2.24, 2.45) is 0 Å². The van der Waals surface area contributed by atoms with E-state index in [9.17, 15) is 10.1 Å². The van der Waals surface area contributed by atoms with Gasteiger partial charge in [0.25, 0.3) is 5.69 Å². The van der Waals surface area contributed by atoms with Crippen molar-refractivity contribution in [3.63, 3.8) is 0 Å². The Morgan fingerprint density at radius 2 is 2.19 bits per heavy atom. The Labute approximate surface area is 95.2 Å². The summed E-state index contributed by atoms with van der Waals surface area (Å²) in [5.74, 6) is 0.326. The molecule has 0 saturated heterocycles. The molecule has 0 spiro atoms. The van der Waals surface area contributed by atoms with Crippen molar-refractivity contribution in [2.75, 3.05) is 5.73 Å². The van der Waals surface area contributed by atoms with Crippen molar-refractivity contribution in [3.05, 3.63) is 39.4 Å². The van der Waals surface area contributed by atoms with Crippen LogP contribution in [0.4, 0.5) is 11.5 Å². The van der Waals surface area contributed by atoms with E-state index in [4.69, 9.17) is 17.3 Å². The molecule has 16 heavy (non-hydrogen) atoms. The minimum atomic E-state index is -0.536. The van der Waals surface area contributed by atoms with Gasteiger partial charge in [0.2, 0.25) is 0 Å². The Bertz CT molecular complexity index is 552. The SMILES string of the molecule is Nc1cc(-c2ccc(Cl)c([N+](=O)[O-])c2)[nH]n1. The summed E-state index contributed by atoms with van der Waals surface area (Å²) in [5, 5.41) is 17.2. The van der Waals surface area contributed by atoms with Gasteiger partial charge in [-0.2, -0.15) is 5.10 Å². The fraction of sp³-hybridized carbons (Fsp3) is 0. The van der Waals surface area contributed by atoms with Gasteiger partial charge in [-0.1, -0.05) is 17.7 Å². The topological polar surface area (TPSA) is 97.8 Å². The molecular weight excluding hydrogens is 232 g/mol. The largest absolute Gasteiger partial charge is 0.382 e. The predicted octanol–water partition coefficient (Wildman–Crippen LogP) is 2.22. The van der Waals surface area contributed by atoms with Crippen molar-refractivity contribution >= 4 is 23.1 Å². The second-order valence-electron chi connectivity index (χ2n) is 3.13. The summed E-state index contributed by atoms with van der Waals surface area (Å²) < 4.78 is 0. The highest BCUT2D eigenvalue weighted by molar-refractivity contribution is 6.32. The van der Waals surface area contributed by atoms with E-state index in [2.05, 4.69) is 10.2 Å². The molecule has 1 aromatic carbocycles. The zero-order valence-corrected chi connectivity index (χ0v) is 8.73. The third kappa shape index (κ3) is 1.82. The summed E-state index contributed by atoms with van der Waals surface area (Å²) in [6.45, 7) is 0. The van der Waals surface area contributed by atoms with E-state index < -0.39 is 4.92 Å². The van der Waals surface area contributed by atoms with Crippen LogP contribution in [0, 0.1) is 10.1 Å². The molecule has 3 N–H and O–H groups in total. The molecule has 0 aliphatic rings. The number of H-pyrrole nitrogens is 1. The lowest BCUT2D eigenvalue weighted by atomic mass is 10.1. The van der Waals surface area contributed by atoms with Crippen LogP contribution in [0.1, 0.15) is 0 Å². The number of hydrogen-bond donors (Lipinski definition) is 2. The van der Waals surface area contributed by atoms with Crippen LogP contribution in [0.5, 0.6) is 0 Å². The number of nitrogen functional groups attached to an aromatic ring is 1. The number of nitrogens with zero attached hydrogens (tertiary/aromatic N) is 2. The first kappa shape index (κ1) is 10.4. The van der Waals surface area contributed by atoms with Crippen LogP contribution < -0.4 is 5.73 Å². The molecule has 2 aromatic rings. The standard InChI is InChI=1S/C9H7ClN4O2/c10-6-2-1-5(3-8(6)14(15)16)7-4-9(11)13-12-7/h1-4H,(H3,11,12,13). The second kappa shape index (κ2) is 3.82. The van der Waals surface area contributed by atoms with Gasteiger partial charge in [0, 0.05) is 17.7 Å². The van der Waals surface area contributed by atoms with Crippen LogP contribution in [0.25, 0.3) is 11.3 Å². The average molecular weight is 239 g/mol. The number of benzene rings is 1. The molecule has 1 heterocycles. The molecule has 0 amide bonds. The van der Waals surface area contributed by atoms with Crippen molar-refractivity contribution < 1.29 is 4.92 Å². The molecule has 0 bridgehead atoms. The highest BCUT2D eigenvalue weighted by Gasteiger charge is 2.14. The fourth-order valence-corrected chi connectivity index (χ4v) is 1.49. The lowest BCUT2D eigenvalue weighted by Crippen LogP contribution is -1.90. The summed E-state index contributed by atoms with van der Waals surface area (Å²) in [4.78, 5) is 10.1. The number of aromatic amines is 1. The number of nitro benzene ring substituents is 1. The van der Waals surface area contributed by atoms with Crippen molar-refractivity contribution in [1.82, 2.24) is 10.2 Å². The van der Waals surface area contributed by atoms with Gasteiger partial charge >= 0.3 is 0 Å². The molecule has 7 heteroatoms. The van der Waals surface area contributed by atoms with E-state index in [-0.39, 0.29) is 10.7 Å². The van der Waals surface area contributed by atoms with Crippen LogP contribution in [0.3, 0.4) is 0 Å². The predicted molar refractivity (Wildman–Crippen MR) is 60.1 cm³/mol. The summed E-state index contributed by atoms with van der Waals surface area (Å²) in [6.07, 6.45) is 0. The van der Waals surface area contributed by atoms with Crippen molar-refractivity contribution in [3.8, 4) is 11.3 Å². The zero-order chi connectivity index (χ0) is 11.7. The first-order valence-corrected chi connectivity index (χ1v) is 4.71. The minimum absolute atomic E-state index is 0.0984. The molecule has 0 saturated carbocycles. The van der Waals surface area contributed by atoms with E-state index in [0.717, 1.165) is 0 Å². The first-order chi connectivity index (χ1) is 7.58. The number of rotatable bonds is 2. The Balaban J connectivity index is 2.51. The number of nitrogens with two attached hydrogens (primary N) is 1. The van der Waals surface area contributed by atoms with Crippen LogP contribution in [-0.2, 0) is 0 Å². The molecule has 0 atom stereocenters. The maximum absolute atomic E-state index is 10.7. The molecule has 0 unspecified atom stereocenters. The first-order valence-electron chi connectivity index (χ1n) is 4.33. The van der Waals surface area contributed by atoms with Crippen molar-refractivity contribution in [2.45, 2.75) is 0 Å². The number of hydrogen-bond acceptors (Lipinski definition) is 4. The fourth-order valence-electron chi connectivity index (χ4n) is 1.31. The summed E-state index contributed by atoms with van der Waals surface area (Å²) >= 11 is 5.69. The molecule has 6 nitrogen and oxygen atoms in total. The van der Waals surface area contributed by atoms with Crippen molar-refractivity contribution in [1.29, 1.82) is 0 Å². The van der Waals surface area contributed by atoms with Crippen LogP contribution in [0.15, 0.2) is 24.3 Å². The van der Waals surface area contributed by atoms with Crippen LogP contribution >= 0.6 is 11.6 Å². The number of aromatic nitrogens is 2. The van der Waals surface area contributed by atoms with E-state index >= 15 is 0 Å². The quantitative estimate of drug-likeness (QED) is 0.619. The molecule has 2 rings (SSSR count). The molecular formula is C9H7ClN4O2. The Kier molecular flexibility index (Phi) is 2.49. The smallest absolute Gasteiger partial charge is 0.288 e. The van der Waals surface area contributed by atoms with Gasteiger partial charge in [0.15, 0.2) is 0 Å². The summed E-state index contributed by atoms with van der Waals surface area (Å²) in [6, 6.07) is 6.08. The third-order valence-electron chi connectivity index (χ3n) is 2.05. The lowest BCUT2D eigenvalue weighted by Gasteiger charge is -1.99. The number of anilines is 1. The van der Waals surface area contributed by atoms with Gasteiger partial charge in [0.05, 0.1) is 10.6 Å². The molecule has 0 radical (unpaired) electrons. The summed E-state index contributed by atoms with van der Waals surface area (Å²) in [7, 11) is 0. The minimum Gasteiger partial charge on any atom is -0.382 e. The van der Waals surface area contributed by atoms with Gasteiger partial charge in [-0.05, 0) is 6.07 Å². The normalized spacial score (nSPS) is 10.3. The van der Waals surface area contributed by atoms with Gasteiger partial charge in [-0.3, -0.25) is 15.2 Å². The van der Waals surface area contributed by atoms with E-state index in [0.29, 0.717) is 17.1 Å². The Hall–Kier alpha value is -2.08. The van der Waals surface area contributed by atoms with E-state index in [1.807, 2.05) is 0 Å². The molecule has 0 aliphatic carbocycles. The highest BCUT2D eigenvalue weighted by Crippen LogP contribution is 2.29. The number of nitrogens with one attached hydrogen (secondary N) is 1. The second-order valence-corrected chi connectivity index (χ2v) is 3.54. The monoisotopic (exact) mass is 238 g/mol. The number of nitro groups is 1. The zero-order valence-electron chi connectivity index (χ0n) is 7.98. The van der Waals surface area contributed by atoms with Crippen LogP contribution in [-0.4, -0.2) is 15.1 Å². The highest BCUT2D eigenvalue weighted by atomic mass is 35.5. The van der Waals surface area contributed by atoms with Crippen LogP contribution in [0.2, 0.25) is 5.02 Å². The van der Waals surface area contributed by atoms with E-state index in [1.54, 1.807) is 12.1 Å². The van der Waals surface area contributed by atoms with E-state index in [1.165, 1.54) is 12.1 Å². The Morgan fingerprint density at radius 1 is 1.44 bits per heavy atom. The lowest BCUT2D eigenvalue weighted by molar-refractivity contribution is -0.384. The maximum Gasteiger partial charge on any atom is 0.288 e. The average Bonchev–Trinajstić information content (AvgIpc) is 2.65. The molecule has 0 fully saturated rings. The van der Waals surface area contributed by atoms with Gasteiger partial charge < -0.3 is 5.73 Å². The van der Waals surface area contributed by atoms with Gasteiger partial charge in [0.1, 0.15) is 10.8 Å². The number of halogens is 1. The molecule has 0 aliphatic heterocycles. The van der Waals surface area contributed by atoms with Gasteiger partial charge in [-0.25, -0.2) is 0 Å². The third-order valence-corrected chi connectivity index (χ3v) is 2.37. The Morgan fingerprint density at radius 3 is 2.75 bits per heavy atom. The summed E-state index contributed by atoms with van der Waals surface area (Å²) in [5.41, 5.74) is 6.52.